The lowest BCUT2D eigenvalue weighted by molar-refractivity contribution is -0.143. The SMILES string of the molecule is COC(=O)C1CCN(S(=O)(=O)c2ccc(C)cc2)c2ccccc2C1=O. The standard InChI is InChI=1S/C19H19NO5S/c1-13-7-9-14(10-8-13)26(23,24)20-12-11-16(19(22)25-2)18(21)15-5-3-4-6-17(15)20/h3-10,16H,11-12H2,1-2H3. The number of benzene rings is 2. The number of ketones is 1. The van der Waals surface area contributed by atoms with Crippen molar-refractivity contribution in [2.75, 3.05) is 18.0 Å². The highest BCUT2D eigenvalue weighted by Gasteiger charge is 2.38. The first kappa shape index (κ1) is 18.1. The van der Waals surface area contributed by atoms with Crippen molar-refractivity contribution in [2.24, 2.45) is 5.92 Å². The highest BCUT2D eigenvalue weighted by molar-refractivity contribution is 7.92. The van der Waals surface area contributed by atoms with Crippen LogP contribution < -0.4 is 4.31 Å². The van der Waals surface area contributed by atoms with Crippen molar-refractivity contribution in [1.29, 1.82) is 0 Å². The Balaban J connectivity index is 2.11. The van der Waals surface area contributed by atoms with Crippen LogP contribution in [-0.2, 0) is 19.6 Å². The van der Waals surface area contributed by atoms with Crippen molar-refractivity contribution in [3.63, 3.8) is 0 Å². The van der Waals surface area contributed by atoms with Crippen molar-refractivity contribution in [3.8, 4) is 0 Å². The van der Waals surface area contributed by atoms with Gasteiger partial charge in [0, 0.05) is 12.1 Å². The highest BCUT2D eigenvalue weighted by Crippen LogP contribution is 2.33. The van der Waals surface area contributed by atoms with E-state index in [1.54, 1.807) is 30.3 Å². The number of hydrogen-bond donors (Lipinski definition) is 0. The minimum Gasteiger partial charge on any atom is -0.468 e. The van der Waals surface area contributed by atoms with Crippen molar-refractivity contribution in [1.82, 2.24) is 0 Å². The van der Waals surface area contributed by atoms with Gasteiger partial charge in [-0.05, 0) is 37.6 Å². The molecule has 7 heteroatoms. The van der Waals surface area contributed by atoms with Gasteiger partial charge in [-0.1, -0.05) is 29.8 Å². The van der Waals surface area contributed by atoms with Crippen LogP contribution in [0.15, 0.2) is 53.4 Å². The number of Topliss-reactive ketones (excluding diaryl/α,β-unsaturated/α-hetero) is 1. The van der Waals surface area contributed by atoms with E-state index in [9.17, 15) is 18.0 Å². The maximum atomic E-state index is 13.2. The number of para-hydroxylation sites is 1. The smallest absolute Gasteiger partial charge is 0.316 e. The molecule has 3 rings (SSSR count). The van der Waals surface area contributed by atoms with Crippen LogP contribution in [0.4, 0.5) is 5.69 Å². The first-order chi connectivity index (χ1) is 12.4. The summed E-state index contributed by atoms with van der Waals surface area (Å²) in [5.41, 5.74) is 1.43. The Morgan fingerprint density at radius 3 is 2.42 bits per heavy atom. The van der Waals surface area contributed by atoms with Crippen molar-refractivity contribution < 1.29 is 22.7 Å². The van der Waals surface area contributed by atoms with E-state index in [1.165, 1.54) is 29.6 Å². The van der Waals surface area contributed by atoms with Gasteiger partial charge in [-0.25, -0.2) is 8.42 Å². The largest absolute Gasteiger partial charge is 0.468 e. The maximum absolute atomic E-state index is 13.2. The number of esters is 1. The Hall–Kier alpha value is -2.67. The molecule has 0 radical (unpaired) electrons. The summed E-state index contributed by atoms with van der Waals surface area (Å²) in [6.45, 7) is 1.88. The average Bonchev–Trinajstić information content (AvgIpc) is 2.79. The minimum absolute atomic E-state index is 0.0126. The Morgan fingerprint density at radius 1 is 1.12 bits per heavy atom. The van der Waals surface area contributed by atoms with Gasteiger partial charge in [0.05, 0.1) is 17.7 Å². The van der Waals surface area contributed by atoms with Gasteiger partial charge in [0.1, 0.15) is 5.92 Å². The zero-order valence-electron chi connectivity index (χ0n) is 14.5. The van der Waals surface area contributed by atoms with Crippen molar-refractivity contribution in [2.45, 2.75) is 18.2 Å². The van der Waals surface area contributed by atoms with Gasteiger partial charge in [-0.2, -0.15) is 0 Å². The normalized spacial score (nSPS) is 17.4. The number of aryl methyl sites for hydroxylation is 1. The van der Waals surface area contributed by atoms with E-state index in [-0.39, 0.29) is 29.1 Å². The van der Waals surface area contributed by atoms with Gasteiger partial charge >= 0.3 is 5.97 Å². The molecule has 0 spiro atoms. The van der Waals surface area contributed by atoms with Crippen LogP contribution >= 0.6 is 0 Å². The molecule has 26 heavy (non-hydrogen) atoms. The van der Waals surface area contributed by atoms with Crippen LogP contribution in [0.1, 0.15) is 22.3 Å². The van der Waals surface area contributed by atoms with E-state index < -0.39 is 27.7 Å². The molecule has 0 saturated heterocycles. The average molecular weight is 373 g/mol. The number of ether oxygens (including phenoxy) is 1. The fourth-order valence-electron chi connectivity index (χ4n) is 3.04. The number of nitrogens with zero attached hydrogens (tertiary/aromatic N) is 1. The Morgan fingerprint density at radius 2 is 1.77 bits per heavy atom. The third-order valence-corrected chi connectivity index (χ3v) is 6.30. The van der Waals surface area contributed by atoms with Crippen LogP contribution in [0.2, 0.25) is 0 Å². The molecule has 1 aliphatic rings. The number of hydrogen-bond acceptors (Lipinski definition) is 5. The topological polar surface area (TPSA) is 80.8 Å². The van der Waals surface area contributed by atoms with Gasteiger partial charge in [-0.15, -0.1) is 0 Å². The van der Waals surface area contributed by atoms with E-state index in [0.29, 0.717) is 0 Å². The van der Waals surface area contributed by atoms with Crippen LogP contribution in [-0.4, -0.2) is 33.8 Å². The zero-order valence-corrected chi connectivity index (χ0v) is 15.3. The molecule has 0 saturated carbocycles. The second-order valence-corrected chi connectivity index (χ2v) is 8.00. The van der Waals surface area contributed by atoms with Crippen LogP contribution in [0.5, 0.6) is 0 Å². The van der Waals surface area contributed by atoms with Gasteiger partial charge in [0.25, 0.3) is 10.0 Å². The van der Waals surface area contributed by atoms with Crippen molar-refractivity contribution in [3.05, 3.63) is 59.7 Å². The lowest BCUT2D eigenvalue weighted by Gasteiger charge is -2.24. The van der Waals surface area contributed by atoms with Crippen LogP contribution in [0, 0.1) is 12.8 Å². The highest BCUT2D eigenvalue weighted by atomic mass is 32.2. The first-order valence-electron chi connectivity index (χ1n) is 8.16. The molecule has 0 amide bonds. The van der Waals surface area contributed by atoms with E-state index in [1.807, 2.05) is 6.92 Å². The molecule has 0 aliphatic carbocycles. The third-order valence-electron chi connectivity index (χ3n) is 4.47. The van der Waals surface area contributed by atoms with E-state index >= 15 is 0 Å². The lowest BCUT2D eigenvalue weighted by Crippen LogP contribution is -2.32. The van der Waals surface area contributed by atoms with Crippen molar-refractivity contribution >= 4 is 27.5 Å². The third kappa shape index (κ3) is 3.10. The summed E-state index contributed by atoms with van der Waals surface area (Å²) in [6, 6.07) is 13.0. The summed E-state index contributed by atoms with van der Waals surface area (Å²) in [5.74, 6) is -2.09. The Bertz CT molecular complexity index is 950. The number of fused-ring (bicyclic) bond motifs is 1. The van der Waals surface area contributed by atoms with Gasteiger partial charge in [-0.3, -0.25) is 13.9 Å². The molecular formula is C19H19NO5S. The second-order valence-electron chi connectivity index (χ2n) is 6.14. The molecule has 0 fully saturated rings. The molecule has 1 aliphatic heterocycles. The summed E-state index contributed by atoms with van der Waals surface area (Å²) in [7, 11) is -2.65. The molecular weight excluding hydrogens is 354 g/mol. The molecule has 0 aromatic heterocycles. The molecule has 1 atom stereocenters. The summed E-state index contributed by atoms with van der Waals surface area (Å²) in [4.78, 5) is 24.9. The summed E-state index contributed by atoms with van der Waals surface area (Å²) in [6.07, 6.45) is 0.0608. The lowest BCUT2D eigenvalue weighted by atomic mass is 9.95. The minimum atomic E-state index is -3.87. The van der Waals surface area contributed by atoms with Gasteiger partial charge in [0.2, 0.25) is 0 Å². The number of anilines is 1. The number of sulfonamides is 1. The van der Waals surface area contributed by atoms with Crippen LogP contribution in [0.25, 0.3) is 0 Å². The zero-order chi connectivity index (χ0) is 18.9. The predicted octanol–water partition coefficient (Wildman–Crippen LogP) is 2.57. The predicted molar refractivity (Wildman–Crippen MR) is 96.6 cm³/mol. The summed E-state index contributed by atoms with van der Waals surface area (Å²) >= 11 is 0. The fraction of sp³-hybridized carbons (Fsp3) is 0.263. The molecule has 136 valence electrons. The summed E-state index contributed by atoms with van der Waals surface area (Å²) < 4.78 is 32.3. The molecule has 1 unspecified atom stereocenters. The fourth-order valence-corrected chi connectivity index (χ4v) is 4.54. The van der Waals surface area contributed by atoms with E-state index in [4.69, 9.17) is 4.74 Å². The molecule has 2 aromatic carbocycles. The first-order valence-corrected chi connectivity index (χ1v) is 9.60. The summed E-state index contributed by atoms with van der Waals surface area (Å²) in [5, 5.41) is 0. The van der Waals surface area contributed by atoms with Crippen LogP contribution in [0.3, 0.4) is 0 Å². The van der Waals surface area contributed by atoms with Gasteiger partial charge < -0.3 is 4.74 Å². The number of rotatable bonds is 3. The monoisotopic (exact) mass is 373 g/mol. The Labute approximate surface area is 152 Å². The molecule has 0 bridgehead atoms. The molecule has 6 nitrogen and oxygen atoms in total. The quantitative estimate of drug-likeness (QED) is 0.610. The van der Waals surface area contributed by atoms with E-state index in [2.05, 4.69) is 0 Å². The Kier molecular flexibility index (Phi) is 4.82. The molecule has 0 N–H and O–H groups in total. The van der Waals surface area contributed by atoms with E-state index in [0.717, 1.165) is 5.56 Å². The second kappa shape index (κ2) is 6.92. The number of methoxy groups -OCH3 is 1. The molecule has 2 aromatic rings. The molecule has 1 heterocycles. The number of carbonyl (C=O) groups is 2. The van der Waals surface area contributed by atoms with Gasteiger partial charge in [0.15, 0.2) is 5.78 Å². The maximum Gasteiger partial charge on any atom is 0.316 e. The number of carbonyl (C=O) groups excluding carboxylic acids is 2.